The number of fused-ring (bicyclic) bond motifs is 4. The van der Waals surface area contributed by atoms with Crippen molar-refractivity contribution >= 4 is 44.6 Å². The summed E-state index contributed by atoms with van der Waals surface area (Å²) in [5.74, 6) is 1.89. The molecule has 0 unspecified atom stereocenters. The van der Waals surface area contributed by atoms with Crippen LogP contribution in [0.15, 0.2) is 140 Å². The summed E-state index contributed by atoms with van der Waals surface area (Å²) in [5.41, 5.74) is 11.2. The molecule has 0 N–H and O–H groups in total. The average Bonchev–Trinajstić information content (AvgIpc) is 3.76. The van der Waals surface area contributed by atoms with Crippen LogP contribution in [0.5, 0.6) is 11.5 Å². The first-order valence-electron chi connectivity index (χ1n) is 20.1. The van der Waals surface area contributed by atoms with Crippen molar-refractivity contribution in [2.24, 2.45) is 0 Å². The number of rotatable bonds is 9. The van der Waals surface area contributed by atoms with E-state index in [0.717, 1.165) is 56.3 Å². The van der Waals surface area contributed by atoms with Crippen LogP contribution in [0.25, 0.3) is 38.8 Å². The molecule has 0 saturated heterocycles. The van der Waals surface area contributed by atoms with Gasteiger partial charge in [0.05, 0.1) is 28.1 Å². The van der Waals surface area contributed by atoms with E-state index in [9.17, 15) is 4.39 Å². The second kappa shape index (κ2) is 14.8. The normalized spacial score (nSPS) is 12.8. The fourth-order valence-electron chi connectivity index (χ4n) is 8.46. The van der Waals surface area contributed by atoms with Gasteiger partial charge in [-0.15, -0.1) is 0 Å². The standard InChI is InChI=1S/C51H46F2N4O/c1-31(2)34-25-42(32(3)4)51(43(26-34)33(5)6)35-23-37(55-30-56(48-16-10-9-15-47(48)55)46-21-18-36(52)27-44(46)53)28-39(24-35)58-38-19-20-41-40-13-7-8-14-45(40)57(49(41)29-38)50-17-11-12-22-54-50/h7-29,31-33H,30H2,1-6H3. The minimum absolute atomic E-state index is 0.264. The van der Waals surface area contributed by atoms with Crippen molar-refractivity contribution in [3.63, 3.8) is 0 Å². The number of benzene rings is 6. The van der Waals surface area contributed by atoms with Crippen molar-refractivity contribution in [2.75, 3.05) is 16.5 Å². The van der Waals surface area contributed by atoms with Crippen molar-refractivity contribution in [2.45, 2.75) is 59.3 Å². The maximum Gasteiger partial charge on any atom is 0.149 e. The van der Waals surface area contributed by atoms with E-state index >= 15 is 4.39 Å². The highest BCUT2D eigenvalue weighted by Gasteiger charge is 2.31. The van der Waals surface area contributed by atoms with Crippen molar-refractivity contribution < 1.29 is 13.5 Å². The molecule has 0 aliphatic carbocycles. The molecule has 0 amide bonds. The number of ether oxygens (including phenoxy) is 1. The van der Waals surface area contributed by atoms with Gasteiger partial charge in [-0.05, 0) is 112 Å². The summed E-state index contributed by atoms with van der Waals surface area (Å²) in [4.78, 5) is 8.81. The first kappa shape index (κ1) is 37.1. The Hall–Kier alpha value is -6.47. The van der Waals surface area contributed by atoms with E-state index in [1.54, 1.807) is 0 Å². The molecule has 7 heteroatoms. The van der Waals surface area contributed by atoms with Crippen LogP contribution in [0.4, 0.5) is 31.5 Å². The molecule has 8 aromatic rings. The van der Waals surface area contributed by atoms with Crippen molar-refractivity contribution in [1.82, 2.24) is 9.55 Å². The summed E-state index contributed by atoms with van der Waals surface area (Å²) < 4.78 is 38.7. The van der Waals surface area contributed by atoms with Crippen LogP contribution in [0.3, 0.4) is 0 Å². The lowest BCUT2D eigenvalue weighted by atomic mass is 9.81. The third-order valence-corrected chi connectivity index (χ3v) is 11.3. The number of hydrogen-bond acceptors (Lipinski definition) is 4. The Morgan fingerprint density at radius 2 is 1.26 bits per heavy atom. The molecule has 1 aliphatic rings. The molecule has 1 aliphatic heterocycles. The van der Waals surface area contributed by atoms with Gasteiger partial charge in [0.25, 0.3) is 0 Å². The quantitative estimate of drug-likeness (QED) is 0.146. The first-order chi connectivity index (χ1) is 28.0. The second-order valence-electron chi connectivity index (χ2n) is 16.2. The van der Waals surface area contributed by atoms with E-state index in [4.69, 9.17) is 9.72 Å². The number of halogens is 2. The van der Waals surface area contributed by atoms with Gasteiger partial charge in [0.2, 0.25) is 0 Å². The summed E-state index contributed by atoms with van der Waals surface area (Å²) in [6, 6.07) is 43.5. The monoisotopic (exact) mass is 768 g/mol. The number of para-hydroxylation sites is 3. The molecule has 2 aromatic heterocycles. The molecule has 0 fully saturated rings. The zero-order valence-electron chi connectivity index (χ0n) is 33.7. The van der Waals surface area contributed by atoms with Crippen LogP contribution in [0.2, 0.25) is 0 Å². The number of pyridine rings is 1. The molecular weight excluding hydrogens is 723 g/mol. The van der Waals surface area contributed by atoms with E-state index in [2.05, 4.69) is 118 Å². The largest absolute Gasteiger partial charge is 0.457 e. The maximum absolute atomic E-state index is 15.4. The molecular formula is C51H46F2N4O. The van der Waals surface area contributed by atoms with Gasteiger partial charge in [-0.3, -0.25) is 4.57 Å². The van der Waals surface area contributed by atoms with E-state index in [1.165, 1.54) is 34.4 Å². The van der Waals surface area contributed by atoms with E-state index in [1.807, 2.05) is 59.6 Å². The Morgan fingerprint density at radius 1 is 0.569 bits per heavy atom. The van der Waals surface area contributed by atoms with Crippen LogP contribution >= 0.6 is 0 Å². The Balaban J connectivity index is 1.24. The van der Waals surface area contributed by atoms with Crippen LogP contribution in [0, 0.1) is 11.6 Å². The predicted molar refractivity (Wildman–Crippen MR) is 235 cm³/mol. The maximum atomic E-state index is 15.4. The summed E-state index contributed by atoms with van der Waals surface area (Å²) in [6.45, 7) is 13.9. The molecule has 0 saturated carbocycles. The van der Waals surface area contributed by atoms with Crippen molar-refractivity contribution in [3.05, 3.63) is 168 Å². The van der Waals surface area contributed by atoms with Crippen LogP contribution < -0.4 is 14.5 Å². The van der Waals surface area contributed by atoms with Gasteiger partial charge in [-0.2, -0.15) is 0 Å². The van der Waals surface area contributed by atoms with Gasteiger partial charge in [0.15, 0.2) is 0 Å². The molecule has 9 rings (SSSR count). The van der Waals surface area contributed by atoms with Crippen LogP contribution in [0.1, 0.15) is 76.0 Å². The number of aromatic nitrogens is 2. The lowest BCUT2D eigenvalue weighted by Gasteiger charge is -2.26. The highest BCUT2D eigenvalue weighted by Crippen LogP contribution is 2.48. The molecule has 0 spiro atoms. The smallest absolute Gasteiger partial charge is 0.149 e. The SMILES string of the molecule is CC(C)c1cc(C(C)C)c(-c2cc(Oc3ccc4c5ccccc5n(-c5ccccn5)c4c3)cc(N3CN(c4ccc(F)cc4F)c4ccccc43)c2)c(C(C)C)c1. The minimum atomic E-state index is -0.610. The summed E-state index contributed by atoms with van der Waals surface area (Å²) in [5, 5.41) is 2.25. The number of hydrogen-bond donors (Lipinski definition) is 0. The summed E-state index contributed by atoms with van der Waals surface area (Å²) in [6.07, 6.45) is 1.82. The third kappa shape index (κ3) is 6.54. The Morgan fingerprint density at radius 3 is 1.95 bits per heavy atom. The summed E-state index contributed by atoms with van der Waals surface area (Å²) >= 11 is 0. The molecule has 0 atom stereocenters. The Kier molecular flexibility index (Phi) is 9.47. The highest BCUT2D eigenvalue weighted by atomic mass is 19.1. The number of nitrogens with zero attached hydrogens (tertiary/aromatic N) is 4. The molecule has 0 radical (unpaired) electrons. The first-order valence-corrected chi connectivity index (χ1v) is 20.1. The topological polar surface area (TPSA) is 33.5 Å². The minimum Gasteiger partial charge on any atom is -0.457 e. The van der Waals surface area contributed by atoms with Gasteiger partial charge in [-0.25, -0.2) is 13.8 Å². The van der Waals surface area contributed by atoms with Gasteiger partial charge < -0.3 is 14.5 Å². The molecule has 58 heavy (non-hydrogen) atoms. The van der Waals surface area contributed by atoms with E-state index in [-0.39, 0.29) is 11.8 Å². The molecule has 6 aromatic carbocycles. The molecule has 3 heterocycles. The molecule has 0 bridgehead atoms. The van der Waals surface area contributed by atoms with Crippen LogP contribution in [-0.4, -0.2) is 16.2 Å². The molecule has 290 valence electrons. The van der Waals surface area contributed by atoms with Crippen molar-refractivity contribution in [1.29, 1.82) is 0 Å². The van der Waals surface area contributed by atoms with Gasteiger partial charge in [0, 0.05) is 40.9 Å². The van der Waals surface area contributed by atoms with Gasteiger partial charge in [-0.1, -0.05) is 90.1 Å². The van der Waals surface area contributed by atoms with Crippen LogP contribution in [-0.2, 0) is 0 Å². The summed E-state index contributed by atoms with van der Waals surface area (Å²) in [7, 11) is 0. The Labute approximate surface area is 338 Å². The third-order valence-electron chi connectivity index (χ3n) is 11.3. The average molecular weight is 769 g/mol. The van der Waals surface area contributed by atoms with E-state index in [0.29, 0.717) is 29.8 Å². The van der Waals surface area contributed by atoms with E-state index < -0.39 is 11.6 Å². The highest BCUT2D eigenvalue weighted by molar-refractivity contribution is 6.09. The van der Waals surface area contributed by atoms with Gasteiger partial charge >= 0.3 is 0 Å². The zero-order chi connectivity index (χ0) is 40.2. The lowest BCUT2D eigenvalue weighted by Crippen LogP contribution is -2.24. The predicted octanol–water partition coefficient (Wildman–Crippen LogP) is 14.5. The fraction of sp³-hybridized carbons (Fsp3) is 0.196. The lowest BCUT2D eigenvalue weighted by molar-refractivity contribution is 0.483. The fourth-order valence-corrected chi connectivity index (χ4v) is 8.46. The molecule has 5 nitrogen and oxygen atoms in total. The number of anilines is 4. The second-order valence-corrected chi connectivity index (χ2v) is 16.2. The van der Waals surface area contributed by atoms with Crippen molar-refractivity contribution in [3.8, 4) is 28.4 Å². The van der Waals surface area contributed by atoms with Gasteiger partial charge in [0.1, 0.15) is 35.6 Å². The zero-order valence-corrected chi connectivity index (χ0v) is 33.7. The Bertz CT molecular complexity index is 2800.